The molecule has 0 aliphatic rings. The molecule has 1 aromatic carbocycles. The fourth-order valence-corrected chi connectivity index (χ4v) is 5.55. The molecule has 0 radical (unpaired) electrons. The first-order chi connectivity index (χ1) is 14.8. The molecule has 0 saturated heterocycles. The third-order valence-corrected chi connectivity index (χ3v) is 7.18. The summed E-state index contributed by atoms with van der Waals surface area (Å²) in [7, 11) is 0. The number of ether oxygens (including phenoxy) is 2. The average molecular weight is 701 g/mol. The molecule has 0 N–H and O–H groups in total. The maximum Gasteiger partial charge on any atom is 0.147 e. The minimum Gasteiger partial charge on any atom is -0.489 e. The standard InChI is InChI=1S/C24H31Br4NO3/c1-8-9-18(29-30)13-31-23-20(27)11-17(12-21(23)28)24(6,7)15(4)10-19(26)22(16(5)25)32-14(2)3/h10-12,14,18H,5,8-9,13H2,1-4,6-7H3/b15-10+,22-19-. The second kappa shape index (κ2) is 13.4. The van der Waals surface area contributed by atoms with Crippen LogP contribution in [0.25, 0.3) is 0 Å². The van der Waals surface area contributed by atoms with Gasteiger partial charge in [-0.05, 0) is 115 Å². The summed E-state index contributed by atoms with van der Waals surface area (Å²) in [5, 5.41) is 3.16. The van der Waals surface area contributed by atoms with E-state index in [0.717, 1.165) is 31.0 Å². The Hall–Kier alpha value is -0.440. The molecular formula is C24H31Br4NO3. The zero-order valence-corrected chi connectivity index (χ0v) is 25.7. The first kappa shape index (κ1) is 29.6. The normalized spacial score (nSPS) is 14.2. The number of halogens is 4. The van der Waals surface area contributed by atoms with Crippen LogP contribution in [0.1, 0.15) is 59.9 Å². The molecule has 0 spiro atoms. The van der Waals surface area contributed by atoms with Crippen molar-refractivity contribution in [3.63, 3.8) is 0 Å². The van der Waals surface area contributed by atoms with Crippen LogP contribution in [-0.2, 0) is 10.2 Å². The van der Waals surface area contributed by atoms with Gasteiger partial charge in [-0.2, -0.15) is 4.91 Å². The van der Waals surface area contributed by atoms with Crippen molar-refractivity contribution in [2.24, 2.45) is 5.18 Å². The highest BCUT2D eigenvalue weighted by atomic mass is 79.9. The van der Waals surface area contributed by atoms with E-state index in [0.29, 0.717) is 22.4 Å². The van der Waals surface area contributed by atoms with E-state index in [2.05, 4.69) is 102 Å². The van der Waals surface area contributed by atoms with E-state index in [9.17, 15) is 4.91 Å². The van der Waals surface area contributed by atoms with Crippen LogP contribution in [0.2, 0.25) is 0 Å². The summed E-state index contributed by atoms with van der Waals surface area (Å²) in [5.41, 5.74) is 1.94. The van der Waals surface area contributed by atoms with Crippen molar-refractivity contribution in [1.82, 2.24) is 0 Å². The number of hydrogen-bond donors (Lipinski definition) is 0. The van der Waals surface area contributed by atoms with Gasteiger partial charge in [0.1, 0.15) is 24.2 Å². The summed E-state index contributed by atoms with van der Waals surface area (Å²) in [6.07, 6.45) is 3.68. The molecule has 0 aliphatic heterocycles. The van der Waals surface area contributed by atoms with Crippen molar-refractivity contribution in [2.75, 3.05) is 6.61 Å². The van der Waals surface area contributed by atoms with Crippen LogP contribution >= 0.6 is 63.7 Å². The molecule has 178 valence electrons. The lowest BCUT2D eigenvalue weighted by Crippen LogP contribution is -2.20. The third kappa shape index (κ3) is 8.41. The van der Waals surface area contributed by atoms with Crippen LogP contribution in [-0.4, -0.2) is 18.8 Å². The van der Waals surface area contributed by atoms with E-state index in [1.165, 1.54) is 0 Å². The minimum atomic E-state index is -0.351. The Bertz CT molecular complexity index is 868. The van der Waals surface area contributed by atoms with Crippen molar-refractivity contribution in [2.45, 2.75) is 71.9 Å². The van der Waals surface area contributed by atoms with Crippen LogP contribution in [0, 0.1) is 4.91 Å². The van der Waals surface area contributed by atoms with Gasteiger partial charge in [-0.3, -0.25) is 0 Å². The van der Waals surface area contributed by atoms with Gasteiger partial charge < -0.3 is 9.47 Å². The van der Waals surface area contributed by atoms with Gasteiger partial charge in [-0.25, -0.2) is 0 Å². The van der Waals surface area contributed by atoms with Crippen LogP contribution in [0.3, 0.4) is 0 Å². The highest BCUT2D eigenvalue weighted by Crippen LogP contribution is 2.41. The lowest BCUT2D eigenvalue weighted by molar-refractivity contribution is 0.156. The van der Waals surface area contributed by atoms with E-state index in [1.54, 1.807) is 0 Å². The highest BCUT2D eigenvalue weighted by Gasteiger charge is 2.26. The molecule has 0 bridgehead atoms. The van der Waals surface area contributed by atoms with Crippen molar-refractivity contribution in [3.8, 4) is 5.75 Å². The number of benzene rings is 1. The van der Waals surface area contributed by atoms with Crippen LogP contribution < -0.4 is 4.74 Å². The van der Waals surface area contributed by atoms with Gasteiger partial charge in [0.15, 0.2) is 0 Å². The van der Waals surface area contributed by atoms with E-state index < -0.39 is 0 Å². The van der Waals surface area contributed by atoms with Crippen LogP contribution in [0.4, 0.5) is 0 Å². The highest BCUT2D eigenvalue weighted by molar-refractivity contribution is 9.12. The van der Waals surface area contributed by atoms with E-state index >= 15 is 0 Å². The maximum absolute atomic E-state index is 11.0. The van der Waals surface area contributed by atoms with Gasteiger partial charge in [0.2, 0.25) is 0 Å². The molecule has 32 heavy (non-hydrogen) atoms. The molecule has 1 rings (SSSR count). The Morgan fingerprint density at radius 1 is 1.22 bits per heavy atom. The molecule has 0 aliphatic carbocycles. The van der Waals surface area contributed by atoms with Gasteiger partial charge in [-0.1, -0.05) is 44.5 Å². The Kier molecular flexibility index (Phi) is 12.4. The van der Waals surface area contributed by atoms with Crippen molar-refractivity contribution in [3.05, 3.63) is 64.5 Å². The average Bonchev–Trinajstić information content (AvgIpc) is 2.69. The first-order valence-corrected chi connectivity index (χ1v) is 13.6. The van der Waals surface area contributed by atoms with Crippen molar-refractivity contribution < 1.29 is 9.47 Å². The SMILES string of the molecule is C=C(Br)/C(OC(C)C)=C(Br)\C=C(/C)C(C)(C)c1cc(Br)c(OCC(CCC)N=O)c(Br)c1. The van der Waals surface area contributed by atoms with Crippen molar-refractivity contribution in [1.29, 1.82) is 0 Å². The zero-order valence-electron chi connectivity index (χ0n) is 19.4. The van der Waals surface area contributed by atoms with E-state index in [4.69, 9.17) is 9.47 Å². The molecule has 0 saturated carbocycles. The molecule has 0 aromatic heterocycles. The molecule has 0 amide bonds. The Balaban J connectivity index is 3.26. The summed E-state index contributed by atoms with van der Waals surface area (Å²) in [5.74, 6) is 1.34. The number of nitroso groups, excluding NO2 is 1. The second-order valence-corrected chi connectivity index (χ2v) is 11.8. The summed E-state index contributed by atoms with van der Waals surface area (Å²) in [6, 6.07) is 3.75. The van der Waals surface area contributed by atoms with Gasteiger partial charge in [0, 0.05) is 5.41 Å². The monoisotopic (exact) mass is 697 g/mol. The number of allylic oxidation sites excluding steroid dienone is 4. The van der Waals surface area contributed by atoms with E-state index in [1.807, 2.05) is 32.9 Å². The second-order valence-electron chi connectivity index (χ2n) is 8.33. The first-order valence-electron chi connectivity index (χ1n) is 10.4. The summed E-state index contributed by atoms with van der Waals surface area (Å²) in [6.45, 7) is 16.6. The fraction of sp³-hybridized carbons (Fsp3) is 0.500. The predicted octanol–water partition coefficient (Wildman–Crippen LogP) is 9.69. The zero-order chi connectivity index (χ0) is 24.6. The minimum absolute atomic E-state index is 0.0272. The smallest absolute Gasteiger partial charge is 0.147 e. The summed E-state index contributed by atoms with van der Waals surface area (Å²) in [4.78, 5) is 11.0. The van der Waals surface area contributed by atoms with Gasteiger partial charge in [-0.15, -0.1) is 0 Å². The third-order valence-electron chi connectivity index (χ3n) is 5.06. The Morgan fingerprint density at radius 2 is 1.78 bits per heavy atom. The molecule has 1 atom stereocenters. The lowest BCUT2D eigenvalue weighted by atomic mass is 9.78. The maximum atomic E-state index is 11.0. The number of hydrogen-bond acceptors (Lipinski definition) is 4. The molecular weight excluding hydrogens is 670 g/mol. The number of rotatable bonds is 12. The molecule has 0 heterocycles. The molecule has 1 aromatic rings. The van der Waals surface area contributed by atoms with E-state index in [-0.39, 0.29) is 24.2 Å². The largest absolute Gasteiger partial charge is 0.489 e. The predicted molar refractivity (Wildman–Crippen MR) is 149 cm³/mol. The Morgan fingerprint density at radius 3 is 2.22 bits per heavy atom. The lowest BCUT2D eigenvalue weighted by Gasteiger charge is -2.28. The summed E-state index contributed by atoms with van der Waals surface area (Å²) < 4.78 is 14.9. The molecule has 4 nitrogen and oxygen atoms in total. The molecule has 1 unspecified atom stereocenters. The quantitative estimate of drug-likeness (QED) is 0.124. The summed E-state index contributed by atoms with van der Waals surface area (Å²) >= 11 is 14.3. The van der Waals surface area contributed by atoms with Gasteiger partial charge in [0.05, 0.1) is 24.0 Å². The van der Waals surface area contributed by atoms with Gasteiger partial charge in [0.25, 0.3) is 0 Å². The topological polar surface area (TPSA) is 47.9 Å². The molecule has 8 heteroatoms. The van der Waals surface area contributed by atoms with Gasteiger partial charge >= 0.3 is 0 Å². The van der Waals surface area contributed by atoms with Crippen LogP contribution in [0.15, 0.2) is 59.2 Å². The molecule has 0 fully saturated rings. The Labute approximate surface area is 225 Å². The van der Waals surface area contributed by atoms with Crippen molar-refractivity contribution >= 4 is 63.7 Å². The fourth-order valence-electron chi connectivity index (χ4n) is 2.89. The number of nitrogens with zero attached hydrogens (tertiary/aromatic N) is 1. The van der Waals surface area contributed by atoms with Crippen LogP contribution in [0.5, 0.6) is 5.75 Å².